The van der Waals surface area contributed by atoms with E-state index >= 15 is 0 Å². The third-order valence-corrected chi connectivity index (χ3v) is 7.63. The number of amides is 2. The van der Waals surface area contributed by atoms with E-state index in [1.807, 2.05) is 82.2 Å². The second-order valence-corrected chi connectivity index (χ2v) is 9.39. The van der Waals surface area contributed by atoms with Crippen molar-refractivity contribution < 1.29 is 14.3 Å². The van der Waals surface area contributed by atoms with Crippen LogP contribution in [-0.2, 0) is 16.0 Å². The summed E-state index contributed by atoms with van der Waals surface area (Å²) in [4.78, 5) is 29.5. The van der Waals surface area contributed by atoms with Crippen LogP contribution in [0.5, 0.6) is 5.75 Å². The lowest BCUT2D eigenvalue weighted by molar-refractivity contribution is -0.134. The molecule has 2 heterocycles. The van der Waals surface area contributed by atoms with Gasteiger partial charge < -0.3 is 14.5 Å². The molecule has 162 valence electrons. The van der Waals surface area contributed by atoms with Gasteiger partial charge in [0.15, 0.2) is 0 Å². The van der Waals surface area contributed by atoms with E-state index in [0.717, 1.165) is 42.0 Å². The number of carbonyl (C=O) groups is 2. The van der Waals surface area contributed by atoms with E-state index in [9.17, 15) is 9.59 Å². The van der Waals surface area contributed by atoms with Crippen molar-refractivity contribution in [2.75, 3.05) is 32.5 Å². The average molecular weight is 437 g/mol. The van der Waals surface area contributed by atoms with Gasteiger partial charge in [-0.25, -0.2) is 0 Å². The summed E-state index contributed by atoms with van der Waals surface area (Å²) in [6.07, 6.45) is 5.59. The topological polar surface area (TPSA) is 49.9 Å². The summed E-state index contributed by atoms with van der Waals surface area (Å²) >= 11 is 1.86. The van der Waals surface area contributed by atoms with Gasteiger partial charge in [-0.05, 0) is 42.2 Å². The first-order valence-electron chi connectivity index (χ1n) is 10.7. The molecule has 2 fully saturated rings. The molecule has 0 radical (unpaired) electrons. The summed E-state index contributed by atoms with van der Waals surface area (Å²) in [7, 11) is 1.64. The molecule has 5 nitrogen and oxygen atoms in total. The number of ether oxygens (including phenoxy) is 1. The first-order chi connectivity index (χ1) is 15.1. The zero-order valence-corrected chi connectivity index (χ0v) is 18.6. The van der Waals surface area contributed by atoms with Gasteiger partial charge in [0.05, 0.1) is 18.4 Å². The van der Waals surface area contributed by atoms with Gasteiger partial charge in [0.1, 0.15) is 5.75 Å². The minimum Gasteiger partial charge on any atom is -0.497 e. The summed E-state index contributed by atoms with van der Waals surface area (Å²) in [5.74, 6) is 1.95. The molecule has 0 saturated carbocycles. The van der Waals surface area contributed by atoms with Crippen molar-refractivity contribution in [1.29, 1.82) is 0 Å². The fourth-order valence-electron chi connectivity index (χ4n) is 4.29. The maximum absolute atomic E-state index is 12.9. The van der Waals surface area contributed by atoms with Gasteiger partial charge in [-0.2, -0.15) is 0 Å². The van der Waals surface area contributed by atoms with Crippen molar-refractivity contribution in [3.05, 3.63) is 71.8 Å². The van der Waals surface area contributed by atoms with E-state index in [0.29, 0.717) is 19.5 Å². The Labute approximate surface area is 188 Å². The Kier molecular flexibility index (Phi) is 6.66. The molecule has 0 bridgehead atoms. The number of methoxy groups -OCH3 is 1. The number of piperidine rings is 1. The van der Waals surface area contributed by atoms with Crippen molar-refractivity contribution in [3.8, 4) is 5.75 Å². The van der Waals surface area contributed by atoms with Crippen LogP contribution in [0.25, 0.3) is 6.08 Å². The highest BCUT2D eigenvalue weighted by atomic mass is 32.2. The third-order valence-electron chi connectivity index (χ3n) is 6.07. The van der Waals surface area contributed by atoms with Crippen LogP contribution in [0.1, 0.15) is 24.0 Å². The molecule has 4 rings (SSSR count). The highest BCUT2D eigenvalue weighted by molar-refractivity contribution is 8.00. The van der Waals surface area contributed by atoms with E-state index in [2.05, 4.69) is 0 Å². The number of hydrogen-bond acceptors (Lipinski definition) is 4. The fourth-order valence-corrected chi connectivity index (χ4v) is 5.75. The molecule has 2 saturated heterocycles. The minimum absolute atomic E-state index is 0.0619. The van der Waals surface area contributed by atoms with Crippen LogP contribution in [0, 0.1) is 0 Å². The monoisotopic (exact) mass is 436 g/mol. The molecule has 2 aliphatic rings. The molecule has 2 aromatic carbocycles. The Morgan fingerprint density at radius 3 is 2.42 bits per heavy atom. The summed E-state index contributed by atoms with van der Waals surface area (Å²) in [5.41, 5.74) is 2.01. The average Bonchev–Trinajstić information content (AvgIpc) is 3.22. The Morgan fingerprint density at radius 2 is 1.74 bits per heavy atom. The number of rotatable bonds is 5. The van der Waals surface area contributed by atoms with Crippen molar-refractivity contribution >= 4 is 29.7 Å². The fraction of sp³-hybridized carbons (Fsp3) is 0.360. The second kappa shape index (κ2) is 9.60. The highest BCUT2D eigenvalue weighted by Gasteiger charge is 2.46. The van der Waals surface area contributed by atoms with Crippen molar-refractivity contribution in [2.45, 2.75) is 24.1 Å². The van der Waals surface area contributed by atoms with Gasteiger partial charge in [0.2, 0.25) is 11.8 Å². The van der Waals surface area contributed by atoms with E-state index in [4.69, 9.17) is 4.74 Å². The number of benzene rings is 2. The maximum atomic E-state index is 12.9. The largest absolute Gasteiger partial charge is 0.497 e. The zero-order valence-electron chi connectivity index (χ0n) is 17.8. The summed E-state index contributed by atoms with van der Waals surface area (Å²) in [5, 5.41) is 0. The smallest absolute Gasteiger partial charge is 0.247 e. The number of carbonyl (C=O) groups excluding carboxylic acids is 2. The van der Waals surface area contributed by atoms with Crippen LogP contribution < -0.4 is 4.74 Å². The van der Waals surface area contributed by atoms with Gasteiger partial charge in [0, 0.05) is 31.5 Å². The molecule has 6 heteroatoms. The molecular weight excluding hydrogens is 408 g/mol. The molecule has 31 heavy (non-hydrogen) atoms. The Bertz CT molecular complexity index is 935. The van der Waals surface area contributed by atoms with Gasteiger partial charge in [-0.3, -0.25) is 9.59 Å². The van der Waals surface area contributed by atoms with Crippen LogP contribution in [-0.4, -0.2) is 59.0 Å². The first-order valence-corrected chi connectivity index (χ1v) is 11.7. The molecule has 0 aliphatic carbocycles. The zero-order chi connectivity index (χ0) is 21.7. The van der Waals surface area contributed by atoms with Crippen molar-refractivity contribution in [3.63, 3.8) is 0 Å². The predicted octanol–water partition coefficient (Wildman–Crippen LogP) is 3.85. The van der Waals surface area contributed by atoms with Crippen molar-refractivity contribution in [2.24, 2.45) is 0 Å². The molecule has 0 aromatic heterocycles. The molecule has 2 aromatic rings. The molecule has 0 unspecified atom stereocenters. The van der Waals surface area contributed by atoms with Gasteiger partial charge >= 0.3 is 0 Å². The SMILES string of the molecule is COc1ccc(CC(=O)N2CCC3(CC2)SCCN3C(=O)/C=C/c2ccccc2)cc1. The van der Waals surface area contributed by atoms with E-state index in [-0.39, 0.29) is 16.7 Å². The normalized spacial score (nSPS) is 18.0. The number of hydrogen-bond donors (Lipinski definition) is 0. The second-order valence-electron chi connectivity index (χ2n) is 7.93. The lowest BCUT2D eigenvalue weighted by Crippen LogP contribution is -2.53. The molecule has 2 aliphatic heterocycles. The highest BCUT2D eigenvalue weighted by Crippen LogP contribution is 2.44. The number of nitrogens with zero attached hydrogens (tertiary/aromatic N) is 2. The Hall–Kier alpha value is -2.73. The van der Waals surface area contributed by atoms with Gasteiger partial charge in [-0.1, -0.05) is 42.5 Å². The van der Waals surface area contributed by atoms with Gasteiger partial charge in [-0.15, -0.1) is 11.8 Å². The number of likely N-dealkylation sites (tertiary alicyclic amines) is 1. The van der Waals surface area contributed by atoms with Crippen LogP contribution in [0.4, 0.5) is 0 Å². The summed E-state index contributed by atoms with van der Waals surface area (Å²) in [6.45, 7) is 2.14. The van der Waals surface area contributed by atoms with Crippen LogP contribution in [0.2, 0.25) is 0 Å². The van der Waals surface area contributed by atoms with E-state index in [1.165, 1.54) is 0 Å². The van der Waals surface area contributed by atoms with Crippen LogP contribution in [0.3, 0.4) is 0 Å². The third kappa shape index (κ3) is 4.96. The summed E-state index contributed by atoms with van der Waals surface area (Å²) in [6, 6.07) is 17.5. The van der Waals surface area contributed by atoms with E-state index < -0.39 is 0 Å². The lowest BCUT2D eigenvalue weighted by Gasteiger charge is -2.43. The molecule has 0 atom stereocenters. The quantitative estimate of drug-likeness (QED) is 0.668. The number of thioether (sulfide) groups is 1. The Balaban J connectivity index is 1.35. The first kappa shape index (κ1) is 21.5. The molecule has 1 spiro atoms. The van der Waals surface area contributed by atoms with Gasteiger partial charge in [0.25, 0.3) is 0 Å². The maximum Gasteiger partial charge on any atom is 0.247 e. The minimum atomic E-state index is -0.186. The Morgan fingerprint density at radius 1 is 1.03 bits per heavy atom. The lowest BCUT2D eigenvalue weighted by atomic mass is 10.0. The predicted molar refractivity (Wildman–Crippen MR) is 125 cm³/mol. The van der Waals surface area contributed by atoms with E-state index in [1.54, 1.807) is 13.2 Å². The van der Waals surface area contributed by atoms with Crippen LogP contribution >= 0.6 is 11.8 Å². The molecular formula is C25H28N2O3S. The van der Waals surface area contributed by atoms with Crippen LogP contribution in [0.15, 0.2) is 60.7 Å². The molecule has 0 N–H and O–H groups in total. The molecule has 2 amide bonds. The van der Waals surface area contributed by atoms with Crippen molar-refractivity contribution in [1.82, 2.24) is 9.80 Å². The summed E-state index contributed by atoms with van der Waals surface area (Å²) < 4.78 is 5.18. The standard InChI is InChI=1S/C25H28N2O3S/c1-30-22-10-7-21(8-11-22)19-24(29)26-15-13-25(14-16-26)27(17-18-31-25)23(28)12-9-20-5-3-2-4-6-20/h2-12H,13-19H2,1H3/b12-9+.